The number of hydrogen-bond acceptors (Lipinski definition) is 2. The summed E-state index contributed by atoms with van der Waals surface area (Å²) in [6.45, 7) is 9.78. The van der Waals surface area contributed by atoms with Gasteiger partial charge in [0.05, 0.1) is 0 Å². The maximum atomic E-state index is 5.76. The molecule has 90 valence electrons. The van der Waals surface area contributed by atoms with Gasteiger partial charge in [-0.25, -0.2) is 0 Å². The maximum absolute atomic E-state index is 5.76. The van der Waals surface area contributed by atoms with Crippen molar-refractivity contribution >= 4 is 0 Å². The summed E-state index contributed by atoms with van der Waals surface area (Å²) in [6, 6.07) is 0. The van der Waals surface area contributed by atoms with E-state index >= 15 is 0 Å². The molecule has 2 heteroatoms. The minimum Gasteiger partial charge on any atom is -0.343 e. The van der Waals surface area contributed by atoms with Crippen LogP contribution in [0.3, 0.4) is 0 Å². The molecular weight excluding hydrogens is 200 g/mol. The Kier molecular flexibility index (Phi) is 5.05. The maximum Gasteiger partial charge on any atom is 0.164 e. The quantitative estimate of drug-likeness (QED) is 0.413. The van der Waals surface area contributed by atoms with Crippen LogP contribution in [0.15, 0.2) is 12.7 Å². The summed E-state index contributed by atoms with van der Waals surface area (Å²) in [4.78, 5) is 0. The zero-order chi connectivity index (χ0) is 12.0. The molecule has 1 fully saturated rings. The summed E-state index contributed by atoms with van der Waals surface area (Å²) in [5.74, 6) is 5.82. The first-order valence-corrected chi connectivity index (χ1v) is 6.03. The molecule has 0 N–H and O–H groups in total. The molecule has 0 radical (unpaired) electrons. The van der Waals surface area contributed by atoms with Crippen molar-refractivity contribution in [2.24, 2.45) is 0 Å². The summed E-state index contributed by atoms with van der Waals surface area (Å²) in [5.41, 5.74) is 0. The van der Waals surface area contributed by atoms with Crippen LogP contribution < -0.4 is 0 Å². The minimum absolute atomic E-state index is 0.0293. The van der Waals surface area contributed by atoms with E-state index in [1.807, 2.05) is 13.8 Å². The third-order valence-corrected chi connectivity index (χ3v) is 2.54. The van der Waals surface area contributed by atoms with Crippen LogP contribution in [-0.2, 0) is 9.47 Å². The lowest BCUT2D eigenvalue weighted by molar-refractivity contribution is -0.142. The van der Waals surface area contributed by atoms with E-state index in [4.69, 9.17) is 9.47 Å². The molecule has 1 rings (SSSR count). The molecule has 1 aliphatic heterocycles. The summed E-state index contributed by atoms with van der Waals surface area (Å²) < 4.78 is 11.4. The van der Waals surface area contributed by atoms with Gasteiger partial charge in [-0.1, -0.05) is 19.4 Å². The van der Waals surface area contributed by atoms with E-state index in [9.17, 15) is 0 Å². The van der Waals surface area contributed by atoms with Crippen molar-refractivity contribution in [2.75, 3.05) is 0 Å². The number of ether oxygens (including phenoxy) is 2. The van der Waals surface area contributed by atoms with Crippen LogP contribution in [0, 0.1) is 11.8 Å². The van der Waals surface area contributed by atoms with E-state index in [1.54, 1.807) is 6.08 Å². The largest absolute Gasteiger partial charge is 0.343 e. The van der Waals surface area contributed by atoms with Gasteiger partial charge in [0.15, 0.2) is 5.79 Å². The Labute approximate surface area is 99.0 Å². The number of unbranched alkanes of at least 4 members (excludes halogenated alkanes) is 2. The van der Waals surface area contributed by atoms with Gasteiger partial charge in [-0.2, -0.15) is 0 Å². The Morgan fingerprint density at radius 3 is 2.69 bits per heavy atom. The highest BCUT2D eigenvalue weighted by Gasteiger charge is 2.38. The lowest BCUT2D eigenvalue weighted by Gasteiger charge is -2.15. The molecule has 0 amide bonds. The predicted octanol–water partition coefficient (Wildman–Crippen LogP) is 3.28. The summed E-state index contributed by atoms with van der Waals surface area (Å²) in [7, 11) is 0. The summed E-state index contributed by atoms with van der Waals surface area (Å²) >= 11 is 0. The molecule has 1 heterocycles. The Balaban J connectivity index is 2.40. The van der Waals surface area contributed by atoms with E-state index in [-0.39, 0.29) is 12.2 Å². The van der Waals surface area contributed by atoms with Crippen LogP contribution in [-0.4, -0.2) is 18.0 Å². The highest BCUT2D eigenvalue weighted by molar-refractivity contribution is 5.05. The lowest BCUT2D eigenvalue weighted by atomic mass is 10.1. The van der Waals surface area contributed by atoms with Crippen molar-refractivity contribution in [3.63, 3.8) is 0 Å². The number of hydrogen-bond donors (Lipinski definition) is 0. The molecule has 0 unspecified atom stereocenters. The van der Waals surface area contributed by atoms with E-state index < -0.39 is 5.79 Å². The molecular formula is C14H22O2. The molecule has 0 bridgehead atoms. The van der Waals surface area contributed by atoms with Gasteiger partial charge in [0.25, 0.3) is 0 Å². The molecule has 2 nitrogen and oxygen atoms in total. The Morgan fingerprint density at radius 2 is 2.06 bits per heavy atom. The molecule has 0 aromatic carbocycles. The fraction of sp³-hybridized carbons (Fsp3) is 0.714. The van der Waals surface area contributed by atoms with Gasteiger partial charge in [0.1, 0.15) is 12.2 Å². The Hall–Kier alpha value is -0.780. The van der Waals surface area contributed by atoms with Crippen molar-refractivity contribution in [3.8, 4) is 11.8 Å². The topological polar surface area (TPSA) is 18.5 Å². The van der Waals surface area contributed by atoms with E-state index in [2.05, 4.69) is 25.3 Å². The van der Waals surface area contributed by atoms with Crippen molar-refractivity contribution < 1.29 is 9.47 Å². The predicted molar refractivity (Wildman–Crippen MR) is 65.9 cm³/mol. The molecule has 2 atom stereocenters. The zero-order valence-corrected chi connectivity index (χ0v) is 10.6. The highest BCUT2D eigenvalue weighted by Crippen LogP contribution is 2.30. The van der Waals surface area contributed by atoms with Gasteiger partial charge < -0.3 is 9.47 Å². The molecule has 16 heavy (non-hydrogen) atoms. The van der Waals surface area contributed by atoms with Crippen molar-refractivity contribution in [1.29, 1.82) is 0 Å². The monoisotopic (exact) mass is 222 g/mol. The average molecular weight is 222 g/mol. The van der Waals surface area contributed by atoms with Gasteiger partial charge in [-0.05, 0) is 20.3 Å². The first kappa shape index (κ1) is 13.3. The average Bonchev–Trinajstić information content (AvgIpc) is 2.53. The Bertz CT molecular complexity index is 283. The van der Waals surface area contributed by atoms with E-state index in [0.717, 1.165) is 12.8 Å². The van der Waals surface area contributed by atoms with Crippen LogP contribution in [0.25, 0.3) is 0 Å². The van der Waals surface area contributed by atoms with Gasteiger partial charge in [-0.3, -0.25) is 0 Å². The second-order valence-electron chi connectivity index (χ2n) is 4.54. The van der Waals surface area contributed by atoms with Crippen LogP contribution >= 0.6 is 0 Å². The van der Waals surface area contributed by atoms with Gasteiger partial charge in [-0.15, -0.1) is 18.4 Å². The smallest absolute Gasteiger partial charge is 0.164 e. The standard InChI is InChI=1S/C14H22O2/c1-5-7-8-9-10-11-13-12(6-2)15-14(3,4)16-13/h6,12-13H,2,5,7-8,11H2,1,3-4H3/t12-,13-/m0/s1. The third-order valence-electron chi connectivity index (χ3n) is 2.54. The number of rotatable bonds is 4. The molecule has 0 spiro atoms. The molecule has 0 saturated carbocycles. The van der Waals surface area contributed by atoms with Crippen molar-refractivity contribution in [2.45, 2.75) is 64.4 Å². The fourth-order valence-corrected chi connectivity index (χ4v) is 1.75. The van der Waals surface area contributed by atoms with Gasteiger partial charge in [0.2, 0.25) is 0 Å². The molecule has 0 aromatic heterocycles. The van der Waals surface area contributed by atoms with Gasteiger partial charge >= 0.3 is 0 Å². The molecule has 0 aromatic rings. The first-order valence-electron chi connectivity index (χ1n) is 6.03. The molecule has 1 aliphatic rings. The van der Waals surface area contributed by atoms with Crippen LogP contribution in [0.2, 0.25) is 0 Å². The van der Waals surface area contributed by atoms with Crippen LogP contribution in [0.4, 0.5) is 0 Å². The summed E-state index contributed by atoms with van der Waals surface area (Å²) in [5, 5.41) is 0. The van der Waals surface area contributed by atoms with E-state index in [0.29, 0.717) is 0 Å². The molecule has 1 saturated heterocycles. The third kappa shape index (κ3) is 4.00. The van der Waals surface area contributed by atoms with Gasteiger partial charge in [0, 0.05) is 12.8 Å². The van der Waals surface area contributed by atoms with Crippen molar-refractivity contribution in [3.05, 3.63) is 12.7 Å². The Morgan fingerprint density at radius 1 is 1.31 bits per heavy atom. The normalized spacial score (nSPS) is 27.2. The second kappa shape index (κ2) is 6.08. The highest BCUT2D eigenvalue weighted by atomic mass is 16.7. The summed E-state index contributed by atoms with van der Waals surface area (Å²) in [6.07, 6.45) is 5.87. The van der Waals surface area contributed by atoms with E-state index in [1.165, 1.54) is 12.8 Å². The van der Waals surface area contributed by atoms with Crippen LogP contribution in [0.5, 0.6) is 0 Å². The van der Waals surface area contributed by atoms with Crippen LogP contribution in [0.1, 0.15) is 46.5 Å². The zero-order valence-electron chi connectivity index (χ0n) is 10.6. The second-order valence-corrected chi connectivity index (χ2v) is 4.54. The van der Waals surface area contributed by atoms with Crippen molar-refractivity contribution in [1.82, 2.24) is 0 Å². The lowest BCUT2D eigenvalue weighted by Crippen LogP contribution is -2.21. The minimum atomic E-state index is -0.505. The first-order chi connectivity index (χ1) is 7.59. The molecule has 0 aliphatic carbocycles. The SMILES string of the molecule is C=C[C@@H]1OC(C)(C)O[C@H]1CC#CCCCC. The fourth-order valence-electron chi connectivity index (χ4n) is 1.75.